The van der Waals surface area contributed by atoms with Crippen LogP contribution in [0.4, 0.5) is 5.82 Å². The van der Waals surface area contributed by atoms with Crippen molar-refractivity contribution in [3.8, 4) is 11.6 Å². The third-order valence-electron chi connectivity index (χ3n) is 5.31. The van der Waals surface area contributed by atoms with E-state index in [-0.39, 0.29) is 30.4 Å². The molecule has 2 heterocycles. The van der Waals surface area contributed by atoms with Crippen molar-refractivity contribution in [2.45, 2.75) is 52.2 Å². The Morgan fingerprint density at radius 3 is 2.73 bits per heavy atom. The van der Waals surface area contributed by atoms with Gasteiger partial charge in [-0.2, -0.15) is 0 Å². The zero-order valence-corrected chi connectivity index (χ0v) is 20.4. The molecule has 1 aliphatic rings. The second kappa shape index (κ2) is 11.0. The van der Waals surface area contributed by atoms with Gasteiger partial charge in [0.1, 0.15) is 29.8 Å². The Bertz CT molecular complexity index is 933. The highest BCUT2D eigenvalue weighted by atomic mass is 35.5. The quantitative estimate of drug-likeness (QED) is 0.543. The first-order chi connectivity index (χ1) is 15.7. The number of rotatable bonds is 10. The van der Waals surface area contributed by atoms with Crippen LogP contribution < -0.4 is 19.7 Å². The van der Waals surface area contributed by atoms with Crippen molar-refractivity contribution in [1.82, 2.24) is 15.3 Å². The Kier molecular flexibility index (Phi) is 8.37. The van der Waals surface area contributed by atoms with Crippen LogP contribution in [0.5, 0.6) is 11.6 Å². The van der Waals surface area contributed by atoms with Crippen LogP contribution in [0.1, 0.15) is 39.7 Å². The molecular formula is C24H33ClN4O4. The lowest BCUT2D eigenvalue weighted by atomic mass is 10.0. The zero-order chi connectivity index (χ0) is 24.0. The molecule has 9 heteroatoms. The molecule has 2 unspecified atom stereocenters. The van der Waals surface area contributed by atoms with Crippen molar-refractivity contribution < 1.29 is 19.4 Å². The summed E-state index contributed by atoms with van der Waals surface area (Å²) in [5.74, 6) is 1.64. The van der Waals surface area contributed by atoms with Gasteiger partial charge in [0.15, 0.2) is 5.82 Å². The maximum absolute atomic E-state index is 11.9. The van der Waals surface area contributed by atoms with Crippen LogP contribution in [0.2, 0.25) is 5.02 Å². The summed E-state index contributed by atoms with van der Waals surface area (Å²) >= 11 is 6.48. The largest absolute Gasteiger partial charge is 0.489 e. The molecule has 1 aromatic heterocycles. The fourth-order valence-electron chi connectivity index (χ4n) is 3.62. The van der Waals surface area contributed by atoms with E-state index < -0.39 is 5.60 Å². The molecule has 0 bridgehead atoms. The van der Waals surface area contributed by atoms with Crippen molar-refractivity contribution in [3.63, 3.8) is 0 Å². The Morgan fingerprint density at radius 1 is 1.33 bits per heavy atom. The lowest BCUT2D eigenvalue weighted by Crippen LogP contribution is -2.29. The van der Waals surface area contributed by atoms with E-state index >= 15 is 0 Å². The SMILES string of the molecule is CCNC(=O)C(C)Cc1ccc(OC2CCN(c3ncnc(OCC(C)(C)O)c3Cl)C2)cc1. The summed E-state index contributed by atoms with van der Waals surface area (Å²) in [5, 5.41) is 13.1. The van der Waals surface area contributed by atoms with E-state index in [0.717, 1.165) is 24.3 Å². The van der Waals surface area contributed by atoms with E-state index in [2.05, 4.69) is 15.3 Å². The van der Waals surface area contributed by atoms with E-state index in [1.54, 1.807) is 13.8 Å². The molecule has 8 nitrogen and oxygen atoms in total. The topological polar surface area (TPSA) is 96.8 Å². The van der Waals surface area contributed by atoms with Gasteiger partial charge in [0.05, 0.1) is 12.1 Å². The minimum absolute atomic E-state index is 0.00289. The van der Waals surface area contributed by atoms with Crippen molar-refractivity contribution in [3.05, 3.63) is 41.2 Å². The fraction of sp³-hybridized carbons (Fsp3) is 0.542. The van der Waals surface area contributed by atoms with Gasteiger partial charge in [-0.15, -0.1) is 0 Å². The smallest absolute Gasteiger partial charge is 0.238 e. The van der Waals surface area contributed by atoms with Crippen LogP contribution >= 0.6 is 11.6 Å². The van der Waals surface area contributed by atoms with E-state index in [1.165, 1.54) is 6.33 Å². The van der Waals surface area contributed by atoms with Gasteiger partial charge < -0.3 is 24.8 Å². The number of ether oxygens (including phenoxy) is 2. The molecule has 2 N–H and O–H groups in total. The van der Waals surface area contributed by atoms with Gasteiger partial charge in [0, 0.05) is 25.4 Å². The van der Waals surface area contributed by atoms with Gasteiger partial charge in [-0.25, -0.2) is 9.97 Å². The summed E-state index contributed by atoms with van der Waals surface area (Å²) in [5.41, 5.74) is 0.108. The third-order valence-corrected chi connectivity index (χ3v) is 5.64. The number of nitrogens with one attached hydrogen (secondary N) is 1. The van der Waals surface area contributed by atoms with E-state index in [4.69, 9.17) is 21.1 Å². The van der Waals surface area contributed by atoms with Crippen LogP contribution in [0, 0.1) is 5.92 Å². The van der Waals surface area contributed by atoms with Gasteiger partial charge in [-0.1, -0.05) is 30.7 Å². The minimum atomic E-state index is -0.990. The van der Waals surface area contributed by atoms with Crippen molar-refractivity contribution >= 4 is 23.3 Å². The summed E-state index contributed by atoms with van der Waals surface area (Å²) < 4.78 is 11.7. The molecule has 2 atom stereocenters. The summed E-state index contributed by atoms with van der Waals surface area (Å²) in [4.78, 5) is 22.4. The predicted molar refractivity (Wildman–Crippen MR) is 128 cm³/mol. The van der Waals surface area contributed by atoms with Crippen LogP contribution in [0.15, 0.2) is 30.6 Å². The number of carbonyl (C=O) groups is 1. The molecule has 0 aliphatic carbocycles. The molecule has 3 rings (SSSR count). The number of carbonyl (C=O) groups excluding carboxylic acids is 1. The Labute approximate surface area is 200 Å². The van der Waals surface area contributed by atoms with Gasteiger partial charge in [0.2, 0.25) is 11.8 Å². The normalized spacial score (nSPS) is 17.0. The molecule has 0 spiro atoms. The second-order valence-electron chi connectivity index (χ2n) is 9.04. The second-order valence-corrected chi connectivity index (χ2v) is 9.41. The number of aliphatic hydroxyl groups is 1. The highest BCUT2D eigenvalue weighted by Crippen LogP contribution is 2.33. The maximum Gasteiger partial charge on any atom is 0.238 e. The van der Waals surface area contributed by atoms with E-state index in [1.807, 2.05) is 43.0 Å². The lowest BCUT2D eigenvalue weighted by molar-refractivity contribution is -0.124. The molecule has 0 saturated carbocycles. The van der Waals surface area contributed by atoms with Crippen LogP contribution in [0.3, 0.4) is 0 Å². The van der Waals surface area contributed by atoms with Crippen molar-refractivity contribution in [2.75, 3.05) is 31.1 Å². The molecule has 1 aromatic carbocycles. The highest BCUT2D eigenvalue weighted by Gasteiger charge is 2.28. The third kappa shape index (κ3) is 7.20. The molecule has 1 fully saturated rings. The van der Waals surface area contributed by atoms with Crippen molar-refractivity contribution in [2.24, 2.45) is 5.92 Å². The molecule has 0 radical (unpaired) electrons. The van der Waals surface area contributed by atoms with Gasteiger partial charge in [-0.3, -0.25) is 4.79 Å². The first-order valence-corrected chi connectivity index (χ1v) is 11.7. The molecular weight excluding hydrogens is 444 g/mol. The van der Waals surface area contributed by atoms with Crippen LogP contribution in [-0.2, 0) is 11.2 Å². The van der Waals surface area contributed by atoms with Crippen LogP contribution in [0.25, 0.3) is 0 Å². The molecule has 1 aliphatic heterocycles. The summed E-state index contributed by atoms with van der Waals surface area (Å²) in [6.07, 6.45) is 2.93. The van der Waals surface area contributed by atoms with Crippen LogP contribution in [-0.4, -0.2) is 58.9 Å². The van der Waals surface area contributed by atoms with Crippen molar-refractivity contribution in [1.29, 1.82) is 0 Å². The number of aromatic nitrogens is 2. The summed E-state index contributed by atoms with van der Waals surface area (Å²) in [6.45, 7) is 9.26. The first kappa shape index (κ1) is 25.1. The Hall–Kier alpha value is -2.58. The number of hydrogen-bond acceptors (Lipinski definition) is 7. The molecule has 1 amide bonds. The summed E-state index contributed by atoms with van der Waals surface area (Å²) in [6, 6.07) is 7.90. The number of amides is 1. The lowest BCUT2D eigenvalue weighted by Gasteiger charge is -2.21. The van der Waals surface area contributed by atoms with Gasteiger partial charge >= 0.3 is 0 Å². The Morgan fingerprint density at radius 2 is 2.06 bits per heavy atom. The Balaban J connectivity index is 1.56. The van der Waals surface area contributed by atoms with E-state index in [9.17, 15) is 9.90 Å². The monoisotopic (exact) mass is 476 g/mol. The molecule has 1 saturated heterocycles. The zero-order valence-electron chi connectivity index (χ0n) is 19.7. The average Bonchev–Trinajstić information content (AvgIpc) is 3.22. The minimum Gasteiger partial charge on any atom is -0.489 e. The van der Waals surface area contributed by atoms with Gasteiger partial charge in [-0.05, 0) is 44.9 Å². The van der Waals surface area contributed by atoms with Gasteiger partial charge in [0.25, 0.3) is 0 Å². The standard InChI is InChI=1S/C24H33ClN4O4/c1-5-26-22(30)16(2)12-17-6-8-18(9-7-17)33-19-10-11-29(13-19)21-20(25)23(28-15-27-21)32-14-24(3,4)31/h6-9,15-16,19,31H,5,10-14H2,1-4H3,(H,26,30). The number of halogens is 1. The molecule has 33 heavy (non-hydrogen) atoms. The highest BCUT2D eigenvalue weighted by molar-refractivity contribution is 6.34. The predicted octanol–water partition coefficient (Wildman–Crippen LogP) is 3.25. The fourth-order valence-corrected chi connectivity index (χ4v) is 3.89. The average molecular weight is 477 g/mol. The molecule has 2 aromatic rings. The number of nitrogens with zero attached hydrogens (tertiary/aromatic N) is 3. The maximum atomic E-state index is 11.9. The number of anilines is 1. The summed E-state index contributed by atoms with van der Waals surface area (Å²) in [7, 11) is 0. The number of hydrogen-bond donors (Lipinski definition) is 2. The number of benzene rings is 1. The van der Waals surface area contributed by atoms with E-state index in [0.29, 0.717) is 30.4 Å². The molecule has 180 valence electrons. The first-order valence-electron chi connectivity index (χ1n) is 11.3.